The van der Waals surface area contributed by atoms with E-state index in [1.54, 1.807) is 11.3 Å². The Balaban J connectivity index is 1.84. The van der Waals surface area contributed by atoms with Gasteiger partial charge in [0.2, 0.25) is 0 Å². The molecule has 1 fully saturated rings. The second-order valence-corrected chi connectivity index (χ2v) is 4.57. The van der Waals surface area contributed by atoms with Crippen LogP contribution in [0.15, 0.2) is 16.8 Å². The zero-order chi connectivity index (χ0) is 10.7. The number of hydrogen-bond donors (Lipinski definition) is 0. The van der Waals surface area contributed by atoms with Gasteiger partial charge in [-0.05, 0) is 41.1 Å². The summed E-state index contributed by atoms with van der Waals surface area (Å²) in [6.45, 7) is 0. The number of carbonyl (C=O) groups is 2. The smallest absolute Gasteiger partial charge is 0.313 e. The van der Waals surface area contributed by atoms with Crippen molar-refractivity contribution in [1.29, 1.82) is 0 Å². The highest BCUT2D eigenvalue weighted by molar-refractivity contribution is 7.07. The first-order valence-corrected chi connectivity index (χ1v) is 5.93. The second-order valence-electron chi connectivity index (χ2n) is 3.79. The minimum atomic E-state index is -0.374. The summed E-state index contributed by atoms with van der Waals surface area (Å²) >= 11 is 1.67. The molecule has 3 nitrogen and oxygen atoms in total. The van der Waals surface area contributed by atoms with Crippen molar-refractivity contribution >= 4 is 23.3 Å². The summed E-state index contributed by atoms with van der Waals surface area (Å²) in [5.41, 5.74) is 1.28. The topological polar surface area (TPSA) is 43.4 Å². The van der Waals surface area contributed by atoms with Crippen LogP contribution in [0.3, 0.4) is 0 Å². The number of ether oxygens (including phenoxy) is 1. The molecule has 0 saturated carbocycles. The van der Waals surface area contributed by atoms with Crippen LogP contribution in [0, 0.1) is 5.92 Å². The van der Waals surface area contributed by atoms with Gasteiger partial charge < -0.3 is 4.74 Å². The lowest BCUT2D eigenvalue weighted by molar-refractivity contribution is -0.165. The highest BCUT2D eigenvalue weighted by Crippen LogP contribution is 2.22. The Labute approximate surface area is 92.1 Å². The van der Waals surface area contributed by atoms with Crippen molar-refractivity contribution in [1.82, 2.24) is 0 Å². The fourth-order valence-corrected chi connectivity index (χ4v) is 2.47. The molecule has 0 N–H and O–H groups in total. The molecule has 1 aliphatic rings. The quantitative estimate of drug-likeness (QED) is 0.583. The molecule has 0 aromatic carbocycles. The molecule has 0 unspecified atom stereocenters. The largest absolute Gasteiger partial charge is 0.393 e. The first-order chi connectivity index (χ1) is 7.24. The molecule has 15 heavy (non-hydrogen) atoms. The number of rotatable bonds is 3. The third-order valence-electron chi connectivity index (χ3n) is 2.56. The van der Waals surface area contributed by atoms with Gasteiger partial charge in [-0.25, -0.2) is 0 Å². The summed E-state index contributed by atoms with van der Waals surface area (Å²) < 4.78 is 4.48. The zero-order valence-corrected chi connectivity index (χ0v) is 9.09. The van der Waals surface area contributed by atoms with Crippen LogP contribution in [-0.4, -0.2) is 11.9 Å². The van der Waals surface area contributed by atoms with Gasteiger partial charge in [-0.15, -0.1) is 0 Å². The average Bonchev–Trinajstić information content (AvgIpc) is 2.65. The molecule has 1 aliphatic heterocycles. The van der Waals surface area contributed by atoms with Crippen LogP contribution in [0.4, 0.5) is 0 Å². The van der Waals surface area contributed by atoms with Gasteiger partial charge in [-0.1, -0.05) is 0 Å². The van der Waals surface area contributed by atoms with E-state index in [2.05, 4.69) is 16.2 Å². The number of aryl methyl sites for hydroxylation is 1. The van der Waals surface area contributed by atoms with Gasteiger partial charge in [-0.3, -0.25) is 9.59 Å². The summed E-state index contributed by atoms with van der Waals surface area (Å²) in [4.78, 5) is 22.0. The van der Waals surface area contributed by atoms with E-state index in [9.17, 15) is 9.59 Å². The third-order valence-corrected chi connectivity index (χ3v) is 3.29. The second kappa shape index (κ2) is 4.57. The van der Waals surface area contributed by atoms with Crippen LogP contribution >= 0.6 is 11.3 Å². The van der Waals surface area contributed by atoms with Gasteiger partial charge in [-0.2, -0.15) is 11.3 Å². The first kappa shape index (κ1) is 10.4. The van der Waals surface area contributed by atoms with E-state index in [1.165, 1.54) is 5.56 Å². The fourth-order valence-electron chi connectivity index (χ4n) is 1.76. The van der Waals surface area contributed by atoms with E-state index in [1.807, 2.05) is 5.38 Å². The monoisotopic (exact) mass is 224 g/mol. The maximum Gasteiger partial charge on any atom is 0.313 e. The Morgan fingerprint density at radius 2 is 2.07 bits per heavy atom. The van der Waals surface area contributed by atoms with E-state index in [-0.39, 0.29) is 17.9 Å². The molecule has 2 rings (SSSR count). The fraction of sp³-hybridized carbons (Fsp3) is 0.455. The van der Waals surface area contributed by atoms with Gasteiger partial charge in [0, 0.05) is 12.8 Å². The number of cyclic esters (lactones) is 2. The van der Waals surface area contributed by atoms with Crippen molar-refractivity contribution < 1.29 is 14.3 Å². The maximum absolute atomic E-state index is 11.0. The molecular formula is C11H12O3S. The summed E-state index contributed by atoms with van der Waals surface area (Å²) in [5.74, 6) is -0.582. The Kier molecular flexibility index (Phi) is 3.16. The molecule has 4 heteroatoms. The molecule has 0 radical (unpaired) electrons. The summed E-state index contributed by atoms with van der Waals surface area (Å²) in [6, 6.07) is 2.08. The zero-order valence-electron chi connectivity index (χ0n) is 8.27. The predicted octanol–water partition coefficient (Wildman–Crippen LogP) is 2.16. The molecule has 1 aromatic rings. The van der Waals surface area contributed by atoms with Crippen molar-refractivity contribution in [2.45, 2.75) is 25.7 Å². The molecule has 0 spiro atoms. The van der Waals surface area contributed by atoms with Gasteiger partial charge >= 0.3 is 11.9 Å². The first-order valence-electron chi connectivity index (χ1n) is 4.98. The molecule has 0 amide bonds. The van der Waals surface area contributed by atoms with Crippen LogP contribution in [0.1, 0.15) is 24.8 Å². The Bertz CT molecular complexity index is 340. The van der Waals surface area contributed by atoms with Crippen LogP contribution in [-0.2, 0) is 20.7 Å². The lowest BCUT2D eigenvalue weighted by Crippen LogP contribution is -2.25. The Morgan fingerprint density at radius 3 is 2.67 bits per heavy atom. The van der Waals surface area contributed by atoms with Crippen LogP contribution in [0.2, 0.25) is 0 Å². The summed E-state index contributed by atoms with van der Waals surface area (Å²) in [5, 5.41) is 4.14. The van der Waals surface area contributed by atoms with Crippen LogP contribution in [0.25, 0.3) is 0 Å². The van der Waals surface area contributed by atoms with Crippen molar-refractivity contribution in [3.63, 3.8) is 0 Å². The van der Waals surface area contributed by atoms with Crippen molar-refractivity contribution in [3.8, 4) is 0 Å². The molecule has 0 bridgehead atoms. The molecule has 80 valence electrons. The van der Waals surface area contributed by atoms with Crippen molar-refractivity contribution in [2.75, 3.05) is 0 Å². The van der Waals surface area contributed by atoms with Gasteiger partial charge in [0.05, 0.1) is 0 Å². The molecular weight excluding hydrogens is 212 g/mol. The van der Waals surface area contributed by atoms with Gasteiger partial charge in [0.15, 0.2) is 0 Å². The maximum atomic E-state index is 11.0. The van der Waals surface area contributed by atoms with E-state index in [0.717, 1.165) is 12.8 Å². The number of hydrogen-bond acceptors (Lipinski definition) is 4. The van der Waals surface area contributed by atoms with E-state index >= 15 is 0 Å². The molecule has 1 saturated heterocycles. The molecule has 2 heterocycles. The normalized spacial score (nSPS) is 17.9. The van der Waals surface area contributed by atoms with E-state index < -0.39 is 0 Å². The average molecular weight is 224 g/mol. The number of esters is 2. The highest BCUT2D eigenvalue weighted by Gasteiger charge is 2.26. The van der Waals surface area contributed by atoms with Crippen LogP contribution in [0.5, 0.6) is 0 Å². The van der Waals surface area contributed by atoms with Gasteiger partial charge in [0.1, 0.15) is 0 Å². The Morgan fingerprint density at radius 1 is 1.33 bits per heavy atom. The van der Waals surface area contributed by atoms with Crippen LogP contribution < -0.4 is 0 Å². The minimum absolute atomic E-state index is 0.165. The van der Waals surface area contributed by atoms with Crippen molar-refractivity contribution in [3.05, 3.63) is 22.4 Å². The lowest BCUT2D eigenvalue weighted by atomic mass is 9.93. The number of thiophene rings is 1. The van der Waals surface area contributed by atoms with Gasteiger partial charge in [0.25, 0.3) is 0 Å². The molecule has 0 atom stereocenters. The highest BCUT2D eigenvalue weighted by atomic mass is 32.1. The number of carbonyl (C=O) groups excluding carboxylic acids is 2. The lowest BCUT2D eigenvalue weighted by Gasteiger charge is -2.19. The summed E-state index contributed by atoms with van der Waals surface area (Å²) in [6.07, 6.45) is 2.60. The van der Waals surface area contributed by atoms with Crippen molar-refractivity contribution in [2.24, 2.45) is 5.92 Å². The minimum Gasteiger partial charge on any atom is -0.393 e. The van der Waals surface area contributed by atoms with E-state index in [4.69, 9.17) is 0 Å². The molecule has 0 aliphatic carbocycles. The predicted molar refractivity (Wildman–Crippen MR) is 56.5 cm³/mol. The third kappa shape index (κ3) is 2.89. The molecule has 1 aromatic heterocycles. The Hall–Kier alpha value is -1.16. The van der Waals surface area contributed by atoms with E-state index in [0.29, 0.717) is 12.8 Å². The summed E-state index contributed by atoms with van der Waals surface area (Å²) in [7, 11) is 0. The SMILES string of the molecule is O=C1CC(CCc2ccsc2)CC(=O)O1. The standard InChI is InChI=1S/C11H12O3S/c12-10-5-9(6-11(13)14-10)2-1-8-3-4-15-7-8/h3-4,7,9H,1-2,5-6H2.